The summed E-state index contributed by atoms with van der Waals surface area (Å²) >= 11 is 0. The van der Waals surface area contributed by atoms with Crippen LogP contribution in [0.2, 0.25) is 0 Å². The van der Waals surface area contributed by atoms with Crippen LogP contribution < -0.4 is 5.32 Å². The second kappa shape index (κ2) is 10.4. The quantitative estimate of drug-likeness (QED) is 0.474. The summed E-state index contributed by atoms with van der Waals surface area (Å²) in [5.74, 6) is 0.617. The fourth-order valence-corrected chi connectivity index (χ4v) is 3.91. The van der Waals surface area contributed by atoms with Gasteiger partial charge < -0.3 is 15.0 Å². The number of nitrogens with zero attached hydrogens (tertiary/aromatic N) is 5. The van der Waals surface area contributed by atoms with Crippen molar-refractivity contribution in [2.45, 2.75) is 39.1 Å². The number of guanidine groups is 1. The molecule has 1 fully saturated rings. The average Bonchev–Trinajstić information content (AvgIpc) is 3.30. The zero-order chi connectivity index (χ0) is 22.3. The van der Waals surface area contributed by atoms with E-state index in [0.717, 1.165) is 35.7 Å². The first-order chi connectivity index (χ1) is 15.6. The van der Waals surface area contributed by atoms with Crippen molar-refractivity contribution < 1.29 is 9.13 Å². The first kappa shape index (κ1) is 22.0. The Hall–Kier alpha value is -3.26. The van der Waals surface area contributed by atoms with Crippen molar-refractivity contribution >= 4 is 5.96 Å². The van der Waals surface area contributed by atoms with E-state index in [1.165, 1.54) is 12.1 Å². The fourth-order valence-electron chi connectivity index (χ4n) is 3.91. The Bertz CT molecular complexity index is 1020. The molecule has 1 aliphatic heterocycles. The number of hydrogen-bond acceptors (Lipinski definition) is 4. The molecule has 2 aromatic carbocycles. The van der Waals surface area contributed by atoms with Crippen molar-refractivity contribution in [3.05, 3.63) is 83.7 Å². The summed E-state index contributed by atoms with van der Waals surface area (Å²) < 4.78 is 21.3. The Labute approximate surface area is 188 Å². The maximum Gasteiger partial charge on any atom is 0.194 e. The van der Waals surface area contributed by atoms with Gasteiger partial charge in [0.1, 0.15) is 24.6 Å². The van der Waals surface area contributed by atoms with Gasteiger partial charge in [0.2, 0.25) is 0 Å². The minimum Gasteiger partial charge on any atom is -0.367 e. The van der Waals surface area contributed by atoms with E-state index in [-0.39, 0.29) is 18.0 Å². The van der Waals surface area contributed by atoms with Crippen LogP contribution in [0.25, 0.3) is 0 Å². The lowest BCUT2D eigenvalue weighted by Gasteiger charge is -2.38. The summed E-state index contributed by atoms with van der Waals surface area (Å²) in [7, 11) is 0. The molecule has 3 aromatic rings. The summed E-state index contributed by atoms with van der Waals surface area (Å²) in [4.78, 5) is 11.1. The van der Waals surface area contributed by atoms with Crippen molar-refractivity contribution in [3.8, 4) is 0 Å². The lowest BCUT2D eigenvalue weighted by Crippen LogP contribution is -2.50. The number of hydrogen-bond donors (Lipinski definition) is 1. The van der Waals surface area contributed by atoms with E-state index < -0.39 is 0 Å². The van der Waals surface area contributed by atoms with Crippen molar-refractivity contribution in [1.82, 2.24) is 25.0 Å². The van der Waals surface area contributed by atoms with Gasteiger partial charge in [0.15, 0.2) is 5.96 Å². The Morgan fingerprint density at radius 2 is 2.00 bits per heavy atom. The average molecular weight is 437 g/mol. The molecule has 4 rings (SSSR count). The highest BCUT2D eigenvalue weighted by molar-refractivity contribution is 5.80. The van der Waals surface area contributed by atoms with Gasteiger partial charge in [-0.3, -0.25) is 0 Å². The van der Waals surface area contributed by atoms with E-state index in [1.807, 2.05) is 6.07 Å². The van der Waals surface area contributed by atoms with Gasteiger partial charge >= 0.3 is 0 Å². The number of aromatic nitrogens is 3. The first-order valence-corrected chi connectivity index (χ1v) is 10.9. The second-order valence-corrected chi connectivity index (χ2v) is 7.98. The van der Waals surface area contributed by atoms with Crippen molar-refractivity contribution in [2.24, 2.45) is 4.99 Å². The minimum atomic E-state index is -0.240. The fraction of sp³-hybridized carbons (Fsp3) is 0.375. The molecule has 1 aliphatic rings. The molecule has 1 aromatic heterocycles. The van der Waals surface area contributed by atoms with Gasteiger partial charge in [0, 0.05) is 13.1 Å². The van der Waals surface area contributed by atoms with Crippen molar-refractivity contribution in [3.63, 3.8) is 0 Å². The molecule has 1 N–H and O–H groups in total. The highest BCUT2D eigenvalue weighted by Crippen LogP contribution is 2.25. The van der Waals surface area contributed by atoms with Gasteiger partial charge in [0.25, 0.3) is 0 Å². The summed E-state index contributed by atoms with van der Waals surface area (Å²) in [5.41, 5.74) is 3.26. The van der Waals surface area contributed by atoms with E-state index in [0.29, 0.717) is 19.6 Å². The lowest BCUT2D eigenvalue weighted by atomic mass is 10.1. The lowest BCUT2D eigenvalue weighted by molar-refractivity contribution is -0.0605. The van der Waals surface area contributed by atoms with E-state index in [1.54, 1.807) is 29.5 Å². The predicted molar refractivity (Wildman–Crippen MR) is 122 cm³/mol. The van der Waals surface area contributed by atoms with E-state index in [9.17, 15) is 4.39 Å². The summed E-state index contributed by atoms with van der Waals surface area (Å²) in [5, 5.41) is 7.59. The Morgan fingerprint density at radius 1 is 1.19 bits per heavy atom. The highest BCUT2D eigenvalue weighted by Gasteiger charge is 2.28. The van der Waals surface area contributed by atoms with E-state index >= 15 is 0 Å². The molecule has 32 heavy (non-hydrogen) atoms. The van der Waals surface area contributed by atoms with Gasteiger partial charge in [-0.05, 0) is 42.7 Å². The van der Waals surface area contributed by atoms with Gasteiger partial charge in [-0.15, -0.1) is 0 Å². The van der Waals surface area contributed by atoms with Crippen LogP contribution in [-0.2, 0) is 17.8 Å². The molecule has 7 nitrogen and oxygen atoms in total. The molecule has 168 valence electrons. The number of nitrogens with one attached hydrogen (secondary N) is 1. The third-order valence-corrected chi connectivity index (χ3v) is 5.35. The molecular weight excluding hydrogens is 407 g/mol. The number of aliphatic imine (C=N–C) groups is 1. The van der Waals surface area contributed by atoms with Crippen LogP contribution in [0.4, 0.5) is 4.39 Å². The topological polar surface area (TPSA) is 67.6 Å². The molecular formula is C24H29FN6O. The van der Waals surface area contributed by atoms with Crippen LogP contribution in [-0.4, -0.2) is 51.4 Å². The smallest absolute Gasteiger partial charge is 0.194 e. The van der Waals surface area contributed by atoms with Gasteiger partial charge in [-0.25, -0.2) is 19.0 Å². The van der Waals surface area contributed by atoms with Crippen LogP contribution in [0.1, 0.15) is 36.6 Å². The molecule has 0 saturated carbocycles. The highest BCUT2D eigenvalue weighted by atomic mass is 19.1. The van der Waals surface area contributed by atoms with Crippen LogP contribution >= 0.6 is 0 Å². The number of rotatable bonds is 6. The molecule has 2 atom stereocenters. The third kappa shape index (κ3) is 5.70. The van der Waals surface area contributed by atoms with E-state index in [4.69, 9.17) is 9.73 Å². The standard InChI is InChI=1S/C24H29FN6O/c1-3-27-24(28-12-19-5-4-6-20(11-19)14-31-17-26-16-29-31)30-13-18(2)32-23(15-30)21-7-9-22(25)10-8-21/h4-11,16-18,23H,3,12-15H2,1-2H3,(H,27,28). The zero-order valence-electron chi connectivity index (χ0n) is 18.5. The normalized spacial score (nSPS) is 19.2. The van der Waals surface area contributed by atoms with Crippen LogP contribution in [0, 0.1) is 5.82 Å². The largest absolute Gasteiger partial charge is 0.367 e. The van der Waals surface area contributed by atoms with Gasteiger partial charge in [-0.1, -0.05) is 36.4 Å². The molecule has 1 saturated heterocycles. The summed E-state index contributed by atoms with van der Waals surface area (Å²) in [6.07, 6.45) is 3.16. The monoisotopic (exact) mass is 436 g/mol. The minimum absolute atomic E-state index is 0.0358. The SMILES string of the molecule is CCNC(=NCc1cccc(Cn2cncn2)c1)N1CC(C)OC(c2ccc(F)cc2)C1. The van der Waals surface area contributed by atoms with Crippen LogP contribution in [0.5, 0.6) is 0 Å². The molecule has 2 heterocycles. The van der Waals surface area contributed by atoms with Crippen LogP contribution in [0.15, 0.2) is 66.2 Å². The molecule has 8 heteroatoms. The predicted octanol–water partition coefficient (Wildman–Crippen LogP) is 3.39. The number of benzene rings is 2. The second-order valence-electron chi connectivity index (χ2n) is 7.98. The van der Waals surface area contributed by atoms with E-state index in [2.05, 4.69) is 52.3 Å². The third-order valence-electron chi connectivity index (χ3n) is 5.35. The Balaban J connectivity index is 1.48. The summed E-state index contributed by atoms with van der Waals surface area (Å²) in [6.45, 7) is 7.55. The van der Waals surface area contributed by atoms with Gasteiger partial charge in [0.05, 0.1) is 25.7 Å². The maximum absolute atomic E-state index is 13.3. The molecule has 0 radical (unpaired) electrons. The number of halogens is 1. The Morgan fingerprint density at radius 3 is 2.75 bits per heavy atom. The zero-order valence-corrected chi connectivity index (χ0v) is 18.5. The van der Waals surface area contributed by atoms with Crippen molar-refractivity contribution in [1.29, 1.82) is 0 Å². The first-order valence-electron chi connectivity index (χ1n) is 10.9. The summed E-state index contributed by atoms with van der Waals surface area (Å²) in [6, 6.07) is 14.9. The molecule has 2 unspecified atom stereocenters. The molecule has 0 aliphatic carbocycles. The van der Waals surface area contributed by atoms with Crippen molar-refractivity contribution in [2.75, 3.05) is 19.6 Å². The molecule has 0 spiro atoms. The number of ether oxygens (including phenoxy) is 1. The Kier molecular flexibility index (Phi) is 7.11. The van der Waals surface area contributed by atoms with Gasteiger partial charge in [-0.2, -0.15) is 5.10 Å². The molecule has 0 bridgehead atoms. The number of morpholine rings is 1. The molecule has 0 amide bonds. The van der Waals surface area contributed by atoms with Crippen LogP contribution in [0.3, 0.4) is 0 Å². The maximum atomic E-state index is 13.3.